The largest absolute Gasteiger partial charge is 0.481 e. The molecule has 82 valence electrons. The summed E-state index contributed by atoms with van der Waals surface area (Å²) in [7, 11) is 1.79. The van der Waals surface area contributed by atoms with Gasteiger partial charge in [0.25, 0.3) is 5.91 Å². The zero-order valence-corrected chi connectivity index (χ0v) is 8.78. The molecule has 0 aliphatic carbocycles. The third-order valence-corrected chi connectivity index (χ3v) is 2.23. The van der Waals surface area contributed by atoms with Crippen LogP contribution in [0.3, 0.4) is 0 Å². The van der Waals surface area contributed by atoms with Crippen LogP contribution < -0.4 is 5.32 Å². The van der Waals surface area contributed by atoms with E-state index in [1.54, 1.807) is 17.7 Å². The van der Waals surface area contributed by atoms with Crippen LogP contribution in [0.5, 0.6) is 0 Å². The van der Waals surface area contributed by atoms with E-state index in [9.17, 15) is 9.59 Å². The number of nitrogens with one attached hydrogen (secondary N) is 1. The van der Waals surface area contributed by atoms with Gasteiger partial charge >= 0.3 is 5.97 Å². The fourth-order valence-electron chi connectivity index (χ4n) is 1.21. The van der Waals surface area contributed by atoms with E-state index in [-0.39, 0.29) is 18.9 Å². The normalized spacial score (nSPS) is 10.0. The first kappa shape index (κ1) is 11.3. The summed E-state index contributed by atoms with van der Waals surface area (Å²) in [6.07, 6.45) is -0.0604. The van der Waals surface area contributed by atoms with Gasteiger partial charge in [0.2, 0.25) is 0 Å². The minimum absolute atomic E-state index is 0.0604. The molecule has 0 radical (unpaired) electrons. The second kappa shape index (κ2) is 4.63. The molecule has 5 nitrogen and oxygen atoms in total. The minimum atomic E-state index is -0.918. The molecular weight excluding hydrogens is 196 g/mol. The highest BCUT2D eigenvalue weighted by Gasteiger charge is 2.10. The second-order valence-corrected chi connectivity index (χ2v) is 3.32. The quantitative estimate of drug-likeness (QED) is 0.761. The summed E-state index contributed by atoms with van der Waals surface area (Å²) in [6, 6.07) is 3.55. The molecule has 2 N–H and O–H groups in total. The van der Waals surface area contributed by atoms with Crippen molar-refractivity contribution in [1.82, 2.24) is 9.88 Å². The fraction of sp³-hybridized carbons (Fsp3) is 0.400. The third kappa shape index (κ3) is 2.83. The Balaban J connectivity index is 2.54. The van der Waals surface area contributed by atoms with Crippen molar-refractivity contribution >= 4 is 11.9 Å². The minimum Gasteiger partial charge on any atom is -0.481 e. The highest BCUT2D eigenvalue weighted by molar-refractivity contribution is 5.93. The third-order valence-electron chi connectivity index (χ3n) is 2.23. The van der Waals surface area contributed by atoms with Crippen molar-refractivity contribution in [3.8, 4) is 0 Å². The molecule has 1 amide bonds. The summed E-state index contributed by atoms with van der Waals surface area (Å²) < 4.78 is 1.76. The average Bonchev–Trinajstić information content (AvgIpc) is 2.47. The SMILES string of the molecule is Cc1ccc(C(=O)NCCC(=O)O)n1C. The Hall–Kier alpha value is -1.78. The lowest BCUT2D eigenvalue weighted by Crippen LogP contribution is -2.27. The molecule has 1 aromatic rings. The highest BCUT2D eigenvalue weighted by atomic mass is 16.4. The summed E-state index contributed by atoms with van der Waals surface area (Å²) in [4.78, 5) is 21.8. The highest BCUT2D eigenvalue weighted by Crippen LogP contribution is 2.05. The van der Waals surface area contributed by atoms with Crippen LogP contribution in [-0.2, 0) is 11.8 Å². The number of carboxylic acid groups (broad SMARTS) is 1. The molecule has 0 saturated heterocycles. The lowest BCUT2D eigenvalue weighted by Gasteiger charge is -2.05. The van der Waals surface area contributed by atoms with Crippen LogP contribution in [0.1, 0.15) is 22.6 Å². The Morgan fingerprint density at radius 1 is 1.47 bits per heavy atom. The fourth-order valence-corrected chi connectivity index (χ4v) is 1.21. The molecule has 1 heterocycles. The van der Waals surface area contributed by atoms with Gasteiger partial charge in [0.15, 0.2) is 0 Å². The molecule has 0 bridgehead atoms. The van der Waals surface area contributed by atoms with Gasteiger partial charge in [-0.05, 0) is 19.1 Å². The van der Waals surface area contributed by atoms with Crippen molar-refractivity contribution in [3.05, 3.63) is 23.5 Å². The monoisotopic (exact) mass is 210 g/mol. The molecular formula is C10H14N2O3. The van der Waals surface area contributed by atoms with Gasteiger partial charge in [0, 0.05) is 19.3 Å². The summed E-state index contributed by atoms with van der Waals surface area (Å²) in [5, 5.41) is 10.9. The summed E-state index contributed by atoms with van der Waals surface area (Å²) in [5.74, 6) is -1.16. The lowest BCUT2D eigenvalue weighted by atomic mass is 10.3. The van der Waals surface area contributed by atoms with E-state index < -0.39 is 5.97 Å². The van der Waals surface area contributed by atoms with Crippen molar-refractivity contribution in [2.45, 2.75) is 13.3 Å². The van der Waals surface area contributed by atoms with Crippen LogP contribution in [0.15, 0.2) is 12.1 Å². The molecule has 0 aliphatic heterocycles. The maximum Gasteiger partial charge on any atom is 0.305 e. The Bertz CT molecular complexity index is 382. The van der Waals surface area contributed by atoms with E-state index in [4.69, 9.17) is 5.11 Å². The van der Waals surface area contributed by atoms with E-state index in [1.165, 1.54) is 0 Å². The smallest absolute Gasteiger partial charge is 0.305 e. The van der Waals surface area contributed by atoms with Gasteiger partial charge in [-0.3, -0.25) is 9.59 Å². The number of aliphatic carboxylic acids is 1. The number of carboxylic acids is 1. The number of amides is 1. The molecule has 0 spiro atoms. The lowest BCUT2D eigenvalue weighted by molar-refractivity contribution is -0.136. The van der Waals surface area contributed by atoms with Gasteiger partial charge in [-0.25, -0.2) is 0 Å². The van der Waals surface area contributed by atoms with Crippen LogP contribution in [0, 0.1) is 6.92 Å². The van der Waals surface area contributed by atoms with Gasteiger partial charge in [-0.1, -0.05) is 0 Å². The van der Waals surface area contributed by atoms with Crippen LogP contribution >= 0.6 is 0 Å². The molecule has 0 saturated carbocycles. The zero-order chi connectivity index (χ0) is 11.4. The summed E-state index contributed by atoms with van der Waals surface area (Å²) in [5.41, 5.74) is 1.52. The van der Waals surface area contributed by atoms with Crippen molar-refractivity contribution in [2.24, 2.45) is 7.05 Å². The van der Waals surface area contributed by atoms with Gasteiger partial charge < -0.3 is 15.0 Å². The Labute approximate surface area is 87.7 Å². The van der Waals surface area contributed by atoms with Gasteiger partial charge in [0.05, 0.1) is 6.42 Å². The Morgan fingerprint density at radius 3 is 2.60 bits per heavy atom. The maximum absolute atomic E-state index is 11.5. The molecule has 1 rings (SSSR count). The Kier molecular flexibility index (Phi) is 3.49. The first-order valence-corrected chi connectivity index (χ1v) is 4.64. The molecule has 0 aliphatic rings. The first-order valence-electron chi connectivity index (χ1n) is 4.64. The van der Waals surface area contributed by atoms with Crippen LogP contribution in [0.25, 0.3) is 0 Å². The van der Waals surface area contributed by atoms with E-state index in [0.717, 1.165) is 5.69 Å². The van der Waals surface area contributed by atoms with Gasteiger partial charge in [-0.15, -0.1) is 0 Å². The molecule has 5 heteroatoms. The van der Waals surface area contributed by atoms with E-state index in [2.05, 4.69) is 5.32 Å². The number of carbonyl (C=O) groups is 2. The first-order chi connectivity index (χ1) is 7.02. The standard InChI is InChI=1S/C10H14N2O3/c1-7-3-4-8(12(7)2)10(15)11-6-5-9(13)14/h3-4H,5-6H2,1-2H3,(H,11,15)(H,13,14). The topological polar surface area (TPSA) is 71.3 Å². The Morgan fingerprint density at radius 2 is 2.13 bits per heavy atom. The number of aryl methyl sites for hydroxylation is 1. The number of aromatic nitrogens is 1. The molecule has 15 heavy (non-hydrogen) atoms. The maximum atomic E-state index is 11.5. The molecule has 0 fully saturated rings. The van der Waals surface area contributed by atoms with E-state index in [1.807, 2.05) is 13.0 Å². The van der Waals surface area contributed by atoms with Crippen LogP contribution in [0.2, 0.25) is 0 Å². The number of nitrogens with zero attached hydrogens (tertiary/aromatic N) is 1. The molecule has 1 aromatic heterocycles. The predicted octanol–water partition coefficient (Wildman–Crippen LogP) is 0.538. The van der Waals surface area contributed by atoms with Gasteiger partial charge in [-0.2, -0.15) is 0 Å². The summed E-state index contributed by atoms with van der Waals surface area (Å²) >= 11 is 0. The molecule has 0 atom stereocenters. The average molecular weight is 210 g/mol. The van der Waals surface area contributed by atoms with Gasteiger partial charge in [0.1, 0.15) is 5.69 Å². The van der Waals surface area contributed by atoms with E-state index in [0.29, 0.717) is 5.69 Å². The summed E-state index contributed by atoms with van der Waals surface area (Å²) in [6.45, 7) is 2.05. The van der Waals surface area contributed by atoms with Crippen LogP contribution in [-0.4, -0.2) is 28.1 Å². The molecule has 0 aromatic carbocycles. The number of carbonyl (C=O) groups excluding carboxylic acids is 1. The van der Waals surface area contributed by atoms with Crippen LogP contribution in [0.4, 0.5) is 0 Å². The number of hydrogen-bond acceptors (Lipinski definition) is 2. The van der Waals surface area contributed by atoms with Crippen molar-refractivity contribution in [1.29, 1.82) is 0 Å². The van der Waals surface area contributed by atoms with Crippen molar-refractivity contribution in [2.75, 3.05) is 6.54 Å². The number of rotatable bonds is 4. The predicted molar refractivity (Wildman–Crippen MR) is 54.7 cm³/mol. The van der Waals surface area contributed by atoms with Crippen molar-refractivity contribution < 1.29 is 14.7 Å². The van der Waals surface area contributed by atoms with Crippen molar-refractivity contribution in [3.63, 3.8) is 0 Å². The number of hydrogen-bond donors (Lipinski definition) is 2. The zero-order valence-electron chi connectivity index (χ0n) is 8.78. The second-order valence-electron chi connectivity index (χ2n) is 3.32. The molecule has 0 unspecified atom stereocenters. The van der Waals surface area contributed by atoms with E-state index >= 15 is 0 Å².